The summed E-state index contributed by atoms with van der Waals surface area (Å²) in [5, 5.41) is 16.7. The first kappa shape index (κ1) is 13.4. The van der Waals surface area contributed by atoms with E-state index in [0.717, 1.165) is 17.8 Å². The Balaban J connectivity index is 1.92. The molecule has 0 saturated heterocycles. The van der Waals surface area contributed by atoms with E-state index in [1.165, 1.54) is 5.56 Å². The Labute approximate surface area is 123 Å². The number of hydrogen-bond acceptors (Lipinski definition) is 3. The molecule has 0 fully saturated rings. The van der Waals surface area contributed by atoms with E-state index in [2.05, 4.69) is 34.2 Å². The lowest BCUT2D eigenvalue weighted by Gasteiger charge is -2.11. The number of aromatic amines is 1. The van der Waals surface area contributed by atoms with E-state index in [4.69, 9.17) is 0 Å². The highest BCUT2D eigenvalue weighted by Gasteiger charge is 2.16. The van der Waals surface area contributed by atoms with Crippen LogP contribution in [0.1, 0.15) is 30.7 Å². The number of nitrogens with one attached hydrogen (secondary N) is 1. The van der Waals surface area contributed by atoms with E-state index in [-0.39, 0.29) is 11.7 Å². The molecule has 2 N–H and O–H groups in total. The molecule has 0 aliphatic heterocycles. The molecule has 1 aromatic heterocycles. The molecule has 21 heavy (non-hydrogen) atoms. The number of phenolic OH excluding ortho intramolecular Hbond substituents is 1. The Morgan fingerprint density at radius 2 is 1.76 bits per heavy atom. The molecule has 4 heteroatoms. The van der Waals surface area contributed by atoms with Gasteiger partial charge in [0.15, 0.2) is 5.82 Å². The van der Waals surface area contributed by atoms with E-state index in [9.17, 15) is 5.11 Å². The lowest BCUT2D eigenvalue weighted by atomic mass is 9.96. The standard InChI is InChI=1S/C17H17N3O/c1-2-15(12-6-4-3-5-7-12)17-18-16(19-20-17)13-8-10-14(21)11-9-13/h3-11,15,21H,2H2,1H3,(H,18,19,20). The van der Waals surface area contributed by atoms with Crippen molar-refractivity contribution in [3.05, 3.63) is 66.0 Å². The van der Waals surface area contributed by atoms with Crippen molar-refractivity contribution < 1.29 is 5.11 Å². The monoisotopic (exact) mass is 279 g/mol. The third-order valence-corrected chi connectivity index (χ3v) is 3.57. The Morgan fingerprint density at radius 3 is 2.43 bits per heavy atom. The predicted octanol–water partition coefficient (Wildman–Crippen LogP) is 3.72. The molecule has 0 amide bonds. The topological polar surface area (TPSA) is 61.8 Å². The summed E-state index contributed by atoms with van der Waals surface area (Å²) in [7, 11) is 0. The summed E-state index contributed by atoms with van der Waals surface area (Å²) in [6.07, 6.45) is 0.953. The first-order valence-corrected chi connectivity index (χ1v) is 7.04. The molecule has 0 aliphatic rings. The molecular formula is C17H17N3O. The molecule has 2 aromatic carbocycles. The second kappa shape index (κ2) is 5.79. The lowest BCUT2D eigenvalue weighted by molar-refractivity contribution is 0.475. The number of benzene rings is 2. The van der Waals surface area contributed by atoms with Crippen molar-refractivity contribution in [3.63, 3.8) is 0 Å². The SMILES string of the molecule is CCC(c1ccccc1)c1nc(-c2ccc(O)cc2)n[nH]1. The Bertz CT molecular complexity index is 704. The maximum atomic E-state index is 9.34. The van der Waals surface area contributed by atoms with Crippen LogP contribution in [0, 0.1) is 0 Å². The fraction of sp³-hybridized carbons (Fsp3) is 0.176. The Hall–Kier alpha value is -2.62. The van der Waals surface area contributed by atoms with Gasteiger partial charge in [-0.05, 0) is 36.2 Å². The molecule has 3 aromatic rings. The zero-order valence-corrected chi connectivity index (χ0v) is 11.8. The quantitative estimate of drug-likeness (QED) is 0.765. The van der Waals surface area contributed by atoms with Crippen molar-refractivity contribution in [2.24, 2.45) is 0 Å². The maximum absolute atomic E-state index is 9.34. The van der Waals surface area contributed by atoms with Crippen molar-refractivity contribution in [1.82, 2.24) is 15.2 Å². The number of aromatic nitrogens is 3. The van der Waals surface area contributed by atoms with Gasteiger partial charge in [-0.15, -0.1) is 0 Å². The van der Waals surface area contributed by atoms with Gasteiger partial charge in [0.25, 0.3) is 0 Å². The van der Waals surface area contributed by atoms with E-state index < -0.39 is 0 Å². The van der Waals surface area contributed by atoms with Crippen LogP contribution in [0.5, 0.6) is 5.75 Å². The molecule has 3 rings (SSSR count). The lowest BCUT2D eigenvalue weighted by Crippen LogP contribution is -2.01. The van der Waals surface area contributed by atoms with Crippen molar-refractivity contribution in [3.8, 4) is 17.1 Å². The summed E-state index contributed by atoms with van der Waals surface area (Å²) < 4.78 is 0. The molecule has 4 nitrogen and oxygen atoms in total. The van der Waals surface area contributed by atoms with Crippen LogP contribution in [0.25, 0.3) is 11.4 Å². The van der Waals surface area contributed by atoms with Crippen LogP contribution in [0.4, 0.5) is 0 Å². The fourth-order valence-electron chi connectivity index (χ4n) is 2.44. The summed E-state index contributed by atoms with van der Waals surface area (Å²) in [6, 6.07) is 17.2. The van der Waals surface area contributed by atoms with E-state index in [1.807, 2.05) is 30.3 Å². The second-order valence-electron chi connectivity index (χ2n) is 4.96. The van der Waals surface area contributed by atoms with E-state index >= 15 is 0 Å². The minimum Gasteiger partial charge on any atom is -0.508 e. The highest BCUT2D eigenvalue weighted by molar-refractivity contribution is 5.55. The largest absolute Gasteiger partial charge is 0.508 e. The minimum absolute atomic E-state index is 0.213. The zero-order valence-electron chi connectivity index (χ0n) is 11.8. The molecule has 1 unspecified atom stereocenters. The third-order valence-electron chi connectivity index (χ3n) is 3.57. The Morgan fingerprint density at radius 1 is 1.05 bits per heavy atom. The molecule has 1 atom stereocenters. The molecule has 0 saturated carbocycles. The zero-order chi connectivity index (χ0) is 14.7. The van der Waals surface area contributed by atoms with Crippen LogP contribution < -0.4 is 0 Å². The van der Waals surface area contributed by atoms with Crippen molar-refractivity contribution in [2.75, 3.05) is 0 Å². The average molecular weight is 279 g/mol. The first-order chi connectivity index (χ1) is 10.3. The predicted molar refractivity (Wildman–Crippen MR) is 82.1 cm³/mol. The summed E-state index contributed by atoms with van der Waals surface area (Å²) in [4.78, 5) is 4.61. The average Bonchev–Trinajstić information content (AvgIpc) is 2.99. The van der Waals surface area contributed by atoms with Gasteiger partial charge in [0, 0.05) is 11.5 Å². The van der Waals surface area contributed by atoms with Crippen LogP contribution in [0.3, 0.4) is 0 Å². The molecule has 106 valence electrons. The number of phenols is 1. The highest BCUT2D eigenvalue weighted by atomic mass is 16.3. The van der Waals surface area contributed by atoms with Crippen LogP contribution in [0.15, 0.2) is 54.6 Å². The summed E-state index contributed by atoms with van der Waals surface area (Å²) in [6.45, 7) is 2.14. The van der Waals surface area contributed by atoms with E-state index in [0.29, 0.717) is 5.82 Å². The third kappa shape index (κ3) is 2.79. The van der Waals surface area contributed by atoms with Crippen LogP contribution in [-0.2, 0) is 0 Å². The van der Waals surface area contributed by atoms with Gasteiger partial charge in [-0.1, -0.05) is 37.3 Å². The molecule has 0 spiro atoms. The van der Waals surface area contributed by atoms with Crippen molar-refractivity contribution in [2.45, 2.75) is 19.3 Å². The summed E-state index contributed by atoms with van der Waals surface area (Å²) in [5.74, 6) is 1.97. The Kier molecular flexibility index (Phi) is 3.69. The number of nitrogens with zero attached hydrogens (tertiary/aromatic N) is 2. The molecule has 0 bridgehead atoms. The number of aromatic hydroxyl groups is 1. The van der Waals surface area contributed by atoms with Gasteiger partial charge in [0.05, 0.1) is 0 Å². The van der Waals surface area contributed by atoms with Gasteiger partial charge >= 0.3 is 0 Å². The molecule has 0 aliphatic carbocycles. The smallest absolute Gasteiger partial charge is 0.181 e. The van der Waals surface area contributed by atoms with Crippen LogP contribution >= 0.6 is 0 Å². The van der Waals surface area contributed by atoms with Gasteiger partial charge in [-0.2, -0.15) is 5.10 Å². The minimum atomic E-state index is 0.213. The van der Waals surface area contributed by atoms with Gasteiger partial charge in [-0.25, -0.2) is 4.98 Å². The van der Waals surface area contributed by atoms with Crippen molar-refractivity contribution >= 4 is 0 Å². The van der Waals surface area contributed by atoms with Crippen molar-refractivity contribution in [1.29, 1.82) is 0 Å². The number of hydrogen-bond donors (Lipinski definition) is 2. The van der Waals surface area contributed by atoms with Gasteiger partial charge in [-0.3, -0.25) is 5.10 Å². The van der Waals surface area contributed by atoms with E-state index in [1.54, 1.807) is 12.1 Å². The first-order valence-electron chi connectivity index (χ1n) is 7.04. The summed E-state index contributed by atoms with van der Waals surface area (Å²) in [5.41, 5.74) is 2.12. The highest BCUT2D eigenvalue weighted by Crippen LogP contribution is 2.26. The summed E-state index contributed by atoms with van der Waals surface area (Å²) >= 11 is 0. The molecule has 0 radical (unpaired) electrons. The number of H-pyrrole nitrogens is 1. The fourth-order valence-corrected chi connectivity index (χ4v) is 2.44. The van der Waals surface area contributed by atoms with Gasteiger partial charge in [0.2, 0.25) is 0 Å². The molecule has 1 heterocycles. The van der Waals surface area contributed by atoms with Gasteiger partial charge in [0.1, 0.15) is 11.6 Å². The normalized spacial score (nSPS) is 12.2. The number of rotatable bonds is 4. The van der Waals surface area contributed by atoms with Crippen LogP contribution in [0.2, 0.25) is 0 Å². The van der Waals surface area contributed by atoms with Gasteiger partial charge < -0.3 is 5.11 Å². The van der Waals surface area contributed by atoms with Crippen LogP contribution in [-0.4, -0.2) is 20.3 Å². The maximum Gasteiger partial charge on any atom is 0.181 e. The second-order valence-corrected chi connectivity index (χ2v) is 4.96. The molecular weight excluding hydrogens is 262 g/mol.